The van der Waals surface area contributed by atoms with Crippen LogP contribution in [0.5, 0.6) is 11.5 Å². The molecule has 0 fully saturated rings. The van der Waals surface area contributed by atoms with Crippen molar-refractivity contribution >= 4 is 27.8 Å². The first kappa shape index (κ1) is 21.2. The summed E-state index contributed by atoms with van der Waals surface area (Å²) in [6.07, 6.45) is 0. The van der Waals surface area contributed by atoms with E-state index in [4.69, 9.17) is 4.74 Å². The van der Waals surface area contributed by atoms with Crippen LogP contribution < -0.4 is 26.0 Å². The fraction of sp³-hybridized carbons (Fsp3) is 0.0323. The zero-order valence-electron chi connectivity index (χ0n) is 18.7. The van der Waals surface area contributed by atoms with Gasteiger partial charge in [0.15, 0.2) is 0 Å². The van der Waals surface area contributed by atoms with E-state index in [1.165, 1.54) is 21.2 Å². The summed E-state index contributed by atoms with van der Waals surface area (Å²) in [5.74, 6) is 1.68. The second-order valence-corrected chi connectivity index (χ2v) is 13.7. The van der Waals surface area contributed by atoms with Crippen LogP contribution in [0, 0.1) is 0 Å². The third-order valence-corrected chi connectivity index (χ3v) is 13.0. The molecule has 0 amide bonds. The number of benzene rings is 5. The molecule has 0 atom stereocenters. The molecular formula is C31H27OP. The number of para-hydroxylation sites is 1. The van der Waals surface area contributed by atoms with E-state index in [0.29, 0.717) is 0 Å². The van der Waals surface area contributed by atoms with Crippen molar-refractivity contribution in [1.82, 2.24) is 0 Å². The van der Waals surface area contributed by atoms with Crippen LogP contribution in [0.1, 0.15) is 0 Å². The molecule has 0 radical (unpaired) electrons. The molecule has 0 saturated heterocycles. The van der Waals surface area contributed by atoms with Gasteiger partial charge in [-0.1, -0.05) is 0 Å². The van der Waals surface area contributed by atoms with Gasteiger partial charge in [-0.25, -0.2) is 0 Å². The topological polar surface area (TPSA) is 9.23 Å². The zero-order chi connectivity index (χ0) is 22.6. The van der Waals surface area contributed by atoms with Gasteiger partial charge >= 0.3 is 196 Å². The molecule has 0 spiro atoms. The summed E-state index contributed by atoms with van der Waals surface area (Å²) < 4.78 is 6.29. The fourth-order valence-electron chi connectivity index (χ4n) is 4.82. The summed E-state index contributed by atoms with van der Waals surface area (Å²) in [5, 5.41) is 5.27. The molecule has 1 nitrogen and oxygen atoms in total. The summed E-state index contributed by atoms with van der Waals surface area (Å²) in [6, 6.07) is 51.5. The van der Waals surface area contributed by atoms with Crippen molar-refractivity contribution in [2.45, 2.75) is 0 Å². The second kappa shape index (κ2) is 8.70. The van der Waals surface area contributed by atoms with Gasteiger partial charge in [0.25, 0.3) is 0 Å². The van der Waals surface area contributed by atoms with Gasteiger partial charge in [-0.15, -0.1) is 0 Å². The van der Waals surface area contributed by atoms with Crippen LogP contribution >= 0.6 is 6.60 Å². The van der Waals surface area contributed by atoms with Gasteiger partial charge in [0.2, 0.25) is 0 Å². The third-order valence-electron chi connectivity index (χ3n) is 6.65. The molecule has 2 heteroatoms. The third kappa shape index (κ3) is 3.55. The standard InChI is InChI=1S/C31H27OP/c1-33(28-18-8-3-9-19-28,29-20-10-4-11-21-29,30-22-12-5-13-23-30)31-24-14-17-27(25-31)32-26-15-6-2-7-16-26/h2-25H,1H3. The summed E-state index contributed by atoms with van der Waals surface area (Å²) in [5.41, 5.74) is 0. The average Bonchev–Trinajstić information content (AvgIpc) is 2.91. The Morgan fingerprint density at radius 2 is 0.758 bits per heavy atom. The van der Waals surface area contributed by atoms with E-state index >= 15 is 0 Å². The van der Waals surface area contributed by atoms with E-state index in [-0.39, 0.29) is 0 Å². The number of rotatable bonds is 6. The van der Waals surface area contributed by atoms with Gasteiger partial charge in [0, 0.05) is 0 Å². The SMILES string of the molecule is CP(c1ccccc1)(c1ccccc1)(c1ccccc1)c1cccc(Oc2ccccc2)c1. The van der Waals surface area contributed by atoms with Gasteiger partial charge in [0.05, 0.1) is 0 Å². The van der Waals surface area contributed by atoms with Crippen molar-refractivity contribution < 1.29 is 4.74 Å². The molecule has 5 rings (SSSR count). The van der Waals surface area contributed by atoms with Gasteiger partial charge in [-0.3, -0.25) is 0 Å². The summed E-state index contributed by atoms with van der Waals surface area (Å²) in [7, 11) is 0. The van der Waals surface area contributed by atoms with Gasteiger partial charge in [0.1, 0.15) is 0 Å². The molecule has 0 aromatic heterocycles. The molecule has 0 saturated carbocycles. The Kier molecular flexibility index (Phi) is 5.58. The first-order chi connectivity index (χ1) is 16.2. The van der Waals surface area contributed by atoms with Crippen LogP contribution in [0.15, 0.2) is 146 Å². The van der Waals surface area contributed by atoms with Gasteiger partial charge in [-0.2, -0.15) is 0 Å². The van der Waals surface area contributed by atoms with Crippen LogP contribution in [0.25, 0.3) is 0 Å². The Hall–Kier alpha value is -3.67. The molecular weight excluding hydrogens is 419 g/mol. The van der Waals surface area contributed by atoms with E-state index in [9.17, 15) is 0 Å². The van der Waals surface area contributed by atoms with Crippen LogP contribution in [0.2, 0.25) is 0 Å². The molecule has 5 aromatic rings. The Labute approximate surface area is 196 Å². The van der Waals surface area contributed by atoms with E-state index in [2.05, 4.69) is 116 Å². The van der Waals surface area contributed by atoms with E-state index in [1.807, 2.05) is 36.4 Å². The molecule has 162 valence electrons. The number of hydrogen-bond donors (Lipinski definition) is 0. The molecule has 0 aliphatic rings. The Morgan fingerprint density at radius 3 is 1.21 bits per heavy atom. The van der Waals surface area contributed by atoms with Crippen LogP contribution in [0.3, 0.4) is 0 Å². The molecule has 0 aliphatic heterocycles. The molecule has 5 aromatic carbocycles. The number of hydrogen-bond acceptors (Lipinski definition) is 1. The maximum atomic E-state index is 6.29. The summed E-state index contributed by atoms with van der Waals surface area (Å²) >= 11 is 0. The van der Waals surface area contributed by atoms with E-state index < -0.39 is 6.60 Å². The first-order valence-electron chi connectivity index (χ1n) is 11.2. The fourth-order valence-corrected chi connectivity index (χ4v) is 10.3. The Morgan fingerprint density at radius 1 is 0.394 bits per heavy atom. The molecule has 0 N–H and O–H groups in total. The normalized spacial score (nSPS) is 12.5. The van der Waals surface area contributed by atoms with Crippen LogP contribution in [-0.2, 0) is 0 Å². The van der Waals surface area contributed by atoms with Crippen molar-refractivity contribution in [2.75, 3.05) is 6.66 Å². The second-order valence-electron chi connectivity index (χ2n) is 8.48. The van der Waals surface area contributed by atoms with Crippen molar-refractivity contribution in [3.63, 3.8) is 0 Å². The van der Waals surface area contributed by atoms with Crippen molar-refractivity contribution in [2.24, 2.45) is 0 Å². The summed E-state index contributed by atoms with van der Waals surface area (Å²) in [6.45, 7) is -0.587. The monoisotopic (exact) mass is 446 g/mol. The van der Waals surface area contributed by atoms with E-state index in [0.717, 1.165) is 11.5 Å². The molecule has 0 bridgehead atoms. The Bertz CT molecular complexity index is 1230. The summed E-state index contributed by atoms with van der Waals surface area (Å²) in [4.78, 5) is 0. The van der Waals surface area contributed by atoms with E-state index in [1.54, 1.807) is 0 Å². The average molecular weight is 447 g/mol. The van der Waals surface area contributed by atoms with Crippen molar-refractivity contribution in [1.29, 1.82) is 0 Å². The molecule has 0 heterocycles. The minimum atomic E-state index is -3.05. The maximum absolute atomic E-state index is 6.29. The quantitative estimate of drug-likeness (QED) is 0.280. The van der Waals surface area contributed by atoms with Crippen molar-refractivity contribution in [3.8, 4) is 11.5 Å². The minimum absolute atomic E-state index is 0.838. The van der Waals surface area contributed by atoms with Crippen LogP contribution in [-0.4, -0.2) is 6.66 Å². The van der Waals surface area contributed by atoms with Crippen molar-refractivity contribution in [3.05, 3.63) is 146 Å². The predicted molar refractivity (Wildman–Crippen MR) is 144 cm³/mol. The molecule has 0 aliphatic carbocycles. The van der Waals surface area contributed by atoms with Gasteiger partial charge < -0.3 is 0 Å². The first-order valence-corrected chi connectivity index (χ1v) is 13.9. The van der Waals surface area contributed by atoms with Gasteiger partial charge in [-0.05, 0) is 0 Å². The Balaban J connectivity index is 1.83. The van der Waals surface area contributed by atoms with Crippen LogP contribution in [0.4, 0.5) is 0 Å². The predicted octanol–water partition coefficient (Wildman–Crippen LogP) is 6.26. The molecule has 0 unspecified atom stereocenters. The zero-order valence-corrected chi connectivity index (χ0v) is 19.6. The molecule has 33 heavy (non-hydrogen) atoms. The number of ether oxygens (including phenoxy) is 1.